The fourth-order valence-electron chi connectivity index (χ4n) is 5.72. The van der Waals surface area contributed by atoms with Gasteiger partial charge in [0.2, 0.25) is 11.8 Å². The van der Waals surface area contributed by atoms with E-state index in [1.54, 1.807) is 67.7 Å². The topological polar surface area (TPSA) is 97.0 Å². The van der Waals surface area contributed by atoms with Gasteiger partial charge in [-0.15, -0.1) is 0 Å². The smallest absolute Gasteiger partial charge is 0.251 e. The van der Waals surface area contributed by atoms with E-state index in [0.29, 0.717) is 42.1 Å². The number of amides is 3. The first-order valence-corrected chi connectivity index (χ1v) is 14.2. The summed E-state index contributed by atoms with van der Waals surface area (Å²) in [6.07, 6.45) is 10.3. The first-order chi connectivity index (χ1) is 19.0. The van der Waals surface area contributed by atoms with Gasteiger partial charge in [-0.3, -0.25) is 14.4 Å². The first kappa shape index (κ1) is 28.5. The fourth-order valence-corrected chi connectivity index (χ4v) is 5.72. The highest BCUT2D eigenvalue weighted by molar-refractivity contribution is 5.99. The van der Waals surface area contributed by atoms with Crippen LogP contribution < -0.4 is 20.1 Å². The highest BCUT2D eigenvalue weighted by Crippen LogP contribution is 2.29. The summed E-state index contributed by atoms with van der Waals surface area (Å²) in [6.45, 7) is 0.575. The Morgan fingerprint density at radius 3 is 2.15 bits per heavy atom. The number of hydrogen-bond donors (Lipinski definition) is 2. The van der Waals surface area contributed by atoms with Crippen LogP contribution in [-0.2, 0) is 14.4 Å². The van der Waals surface area contributed by atoms with E-state index in [9.17, 15) is 14.4 Å². The van der Waals surface area contributed by atoms with Crippen LogP contribution in [0.4, 0.5) is 5.69 Å². The summed E-state index contributed by atoms with van der Waals surface area (Å²) in [6, 6.07) is 12.5. The predicted octanol–water partition coefficient (Wildman–Crippen LogP) is 5.24. The van der Waals surface area contributed by atoms with Crippen LogP contribution in [0.3, 0.4) is 0 Å². The van der Waals surface area contributed by atoms with E-state index in [-0.39, 0.29) is 17.7 Å². The third kappa shape index (κ3) is 7.74. The van der Waals surface area contributed by atoms with Crippen molar-refractivity contribution in [1.82, 2.24) is 10.2 Å². The van der Waals surface area contributed by atoms with Gasteiger partial charge in [-0.2, -0.15) is 0 Å². The Bertz CT molecular complexity index is 1100. The number of carbonyl (C=O) groups is 3. The molecule has 2 fully saturated rings. The molecule has 2 aromatic rings. The van der Waals surface area contributed by atoms with Crippen LogP contribution in [0.5, 0.6) is 11.5 Å². The van der Waals surface area contributed by atoms with E-state index in [1.807, 2.05) is 0 Å². The van der Waals surface area contributed by atoms with Crippen LogP contribution in [-0.4, -0.2) is 49.4 Å². The van der Waals surface area contributed by atoms with Gasteiger partial charge in [-0.1, -0.05) is 44.2 Å². The summed E-state index contributed by atoms with van der Waals surface area (Å²) in [5.41, 5.74) is 1.21. The number of rotatable bonds is 11. The SMILES string of the molecule is COc1ccc(NC(=O)[C@@H](NC(=O)[C@@H]2CCCN2C(=O)CCCC2CCCCC2)c2ccc(OC)cc2)cc1. The van der Waals surface area contributed by atoms with Gasteiger partial charge in [0.25, 0.3) is 5.91 Å². The van der Waals surface area contributed by atoms with Crippen LogP contribution in [0.2, 0.25) is 0 Å². The van der Waals surface area contributed by atoms with Crippen molar-refractivity contribution in [1.29, 1.82) is 0 Å². The molecule has 0 radical (unpaired) electrons. The van der Waals surface area contributed by atoms with E-state index < -0.39 is 12.1 Å². The molecule has 1 saturated heterocycles. The zero-order valence-corrected chi connectivity index (χ0v) is 23.1. The molecule has 8 heteroatoms. The van der Waals surface area contributed by atoms with Crippen molar-refractivity contribution in [2.75, 3.05) is 26.1 Å². The molecule has 0 spiro atoms. The second-order valence-corrected chi connectivity index (χ2v) is 10.6. The number of likely N-dealkylation sites (tertiary alicyclic amines) is 1. The summed E-state index contributed by atoms with van der Waals surface area (Å²) in [5, 5.41) is 5.83. The lowest BCUT2D eigenvalue weighted by atomic mass is 9.86. The molecule has 2 aliphatic rings. The third-order valence-electron chi connectivity index (χ3n) is 7.96. The van der Waals surface area contributed by atoms with Gasteiger partial charge in [0, 0.05) is 18.7 Å². The number of nitrogens with zero attached hydrogens (tertiary/aromatic N) is 1. The largest absolute Gasteiger partial charge is 0.497 e. The van der Waals surface area contributed by atoms with Crippen molar-refractivity contribution in [3.05, 3.63) is 54.1 Å². The molecule has 0 unspecified atom stereocenters. The molecule has 1 aliphatic carbocycles. The number of hydrogen-bond acceptors (Lipinski definition) is 5. The molecular formula is C31H41N3O5. The Labute approximate surface area is 231 Å². The quantitative estimate of drug-likeness (QED) is 0.410. The lowest BCUT2D eigenvalue weighted by molar-refractivity contribution is -0.139. The maximum atomic E-state index is 13.5. The number of anilines is 1. The van der Waals surface area contributed by atoms with Crippen molar-refractivity contribution < 1.29 is 23.9 Å². The molecule has 1 aliphatic heterocycles. The standard InChI is InChI=1S/C31H41N3O5/c1-38-25-17-13-23(14-18-25)29(31(37)32-24-15-19-26(39-2)20-16-24)33-30(36)27-11-7-21-34(27)28(35)12-6-10-22-8-4-3-5-9-22/h13-20,22,27,29H,3-12,21H2,1-2H3,(H,32,37)(H,33,36)/t27-,29-/m0/s1. The first-order valence-electron chi connectivity index (χ1n) is 14.2. The number of methoxy groups -OCH3 is 2. The predicted molar refractivity (Wildman–Crippen MR) is 151 cm³/mol. The zero-order valence-electron chi connectivity index (χ0n) is 23.1. The van der Waals surface area contributed by atoms with Crippen molar-refractivity contribution in [2.45, 2.75) is 76.3 Å². The highest BCUT2D eigenvalue weighted by Gasteiger charge is 2.36. The number of ether oxygens (including phenoxy) is 2. The minimum Gasteiger partial charge on any atom is -0.497 e. The second-order valence-electron chi connectivity index (χ2n) is 10.6. The molecule has 8 nitrogen and oxygen atoms in total. The van der Waals surface area contributed by atoms with Crippen LogP contribution in [0.15, 0.2) is 48.5 Å². The molecule has 2 atom stereocenters. The van der Waals surface area contributed by atoms with Crippen LogP contribution >= 0.6 is 0 Å². The van der Waals surface area contributed by atoms with Crippen LogP contribution in [0, 0.1) is 5.92 Å². The molecule has 4 rings (SSSR count). The third-order valence-corrected chi connectivity index (χ3v) is 7.96. The maximum absolute atomic E-state index is 13.5. The Morgan fingerprint density at radius 1 is 0.872 bits per heavy atom. The van der Waals surface area contributed by atoms with Crippen molar-refractivity contribution in [3.8, 4) is 11.5 Å². The lowest BCUT2D eigenvalue weighted by Crippen LogP contribution is -2.48. The van der Waals surface area contributed by atoms with Gasteiger partial charge in [0.1, 0.15) is 23.6 Å². The van der Waals surface area contributed by atoms with Crippen molar-refractivity contribution in [3.63, 3.8) is 0 Å². The fraction of sp³-hybridized carbons (Fsp3) is 0.516. The molecular weight excluding hydrogens is 494 g/mol. The molecule has 0 bridgehead atoms. The van der Waals surface area contributed by atoms with Gasteiger partial charge in [-0.05, 0) is 73.6 Å². The summed E-state index contributed by atoms with van der Waals surface area (Å²) >= 11 is 0. The molecule has 39 heavy (non-hydrogen) atoms. The molecule has 2 aromatic carbocycles. The lowest BCUT2D eigenvalue weighted by Gasteiger charge is -2.27. The Balaban J connectivity index is 1.41. The monoisotopic (exact) mass is 535 g/mol. The Kier molecular flexibility index (Phi) is 10.2. The Morgan fingerprint density at radius 2 is 1.51 bits per heavy atom. The van der Waals surface area contributed by atoms with E-state index in [2.05, 4.69) is 10.6 Å². The van der Waals surface area contributed by atoms with E-state index >= 15 is 0 Å². The molecule has 210 valence electrons. The second kappa shape index (κ2) is 14.0. The average molecular weight is 536 g/mol. The minimum absolute atomic E-state index is 0.0344. The number of carbonyl (C=O) groups excluding carboxylic acids is 3. The molecule has 3 amide bonds. The van der Waals surface area contributed by atoms with Gasteiger partial charge in [0.05, 0.1) is 14.2 Å². The van der Waals surface area contributed by atoms with Gasteiger partial charge in [0.15, 0.2) is 0 Å². The normalized spacial score (nSPS) is 18.3. The van der Waals surface area contributed by atoms with Gasteiger partial charge in [-0.25, -0.2) is 0 Å². The molecule has 1 saturated carbocycles. The van der Waals surface area contributed by atoms with Crippen LogP contribution in [0.25, 0.3) is 0 Å². The summed E-state index contributed by atoms with van der Waals surface area (Å²) < 4.78 is 10.4. The Hall–Kier alpha value is -3.55. The van der Waals surface area contributed by atoms with Crippen LogP contribution in [0.1, 0.15) is 75.8 Å². The number of nitrogens with one attached hydrogen (secondary N) is 2. The van der Waals surface area contributed by atoms with E-state index in [4.69, 9.17) is 9.47 Å². The average Bonchev–Trinajstić information content (AvgIpc) is 3.47. The van der Waals surface area contributed by atoms with E-state index in [0.717, 1.165) is 25.2 Å². The van der Waals surface area contributed by atoms with Crippen molar-refractivity contribution in [2.24, 2.45) is 5.92 Å². The molecule has 0 aromatic heterocycles. The van der Waals surface area contributed by atoms with Crippen molar-refractivity contribution >= 4 is 23.4 Å². The summed E-state index contributed by atoms with van der Waals surface area (Å²) in [7, 11) is 3.15. The minimum atomic E-state index is -0.936. The number of benzene rings is 2. The van der Waals surface area contributed by atoms with E-state index in [1.165, 1.54) is 32.1 Å². The van der Waals surface area contributed by atoms with Gasteiger partial charge >= 0.3 is 0 Å². The highest BCUT2D eigenvalue weighted by atomic mass is 16.5. The zero-order chi connectivity index (χ0) is 27.6. The molecule has 2 N–H and O–H groups in total. The summed E-state index contributed by atoms with van der Waals surface area (Å²) in [4.78, 5) is 41.7. The molecule has 1 heterocycles. The summed E-state index contributed by atoms with van der Waals surface area (Å²) in [5.74, 6) is 1.42. The maximum Gasteiger partial charge on any atom is 0.251 e. The van der Waals surface area contributed by atoms with Gasteiger partial charge < -0.3 is 25.0 Å².